The van der Waals surface area contributed by atoms with Gasteiger partial charge in [0.05, 0.1) is 99.3 Å². The summed E-state index contributed by atoms with van der Waals surface area (Å²) in [6.45, 7) is 0. The van der Waals surface area contributed by atoms with Gasteiger partial charge in [-0.05, 0) is 158 Å². The molecule has 0 aliphatic heterocycles. The van der Waals surface area contributed by atoms with Crippen LogP contribution in [-0.4, -0.2) is 70.5 Å². The molecule has 0 amide bonds. The van der Waals surface area contributed by atoms with Crippen LogP contribution in [0.15, 0.2) is 420 Å². The van der Waals surface area contributed by atoms with Crippen molar-refractivity contribution in [2.75, 3.05) is 0 Å². The Kier molecular flexibility index (Phi) is 15.0. The van der Waals surface area contributed by atoms with Gasteiger partial charge in [-0.15, -0.1) is 0 Å². The van der Waals surface area contributed by atoms with Crippen LogP contribution in [0.1, 0.15) is 0 Å². The zero-order valence-electron chi connectivity index (χ0n) is 69.0. The van der Waals surface area contributed by atoms with Crippen molar-refractivity contribution in [1.82, 2.24) is 70.5 Å². The van der Waals surface area contributed by atoms with Crippen molar-refractivity contribution in [1.29, 1.82) is 0 Å². The number of benzene rings is 15. The summed E-state index contributed by atoms with van der Waals surface area (Å²) in [5, 5.41) is 21.1. The molecule has 15 aromatic heterocycles. The molecule has 0 aliphatic rings. The van der Waals surface area contributed by atoms with Gasteiger partial charge in [-0.1, -0.05) is 206 Å². The molecule has 30 rings (SSSR count). The normalized spacial score (nSPS) is 12.2. The molecule has 129 heavy (non-hydrogen) atoms. The quantitative estimate of drug-likeness (QED) is 0.153. The van der Waals surface area contributed by atoms with Crippen LogP contribution in [0.4, 0.5) is 0 Å². The lowest BCUT2D eigenvalue weighted by molar-refractivity contribution is 1.15. The Balaban J connectivity index is 0.0000000976. The van der Waals surface area contributed by atoms with Gasteiger partial charge in [0.25, 0.3) is 0 Å². The van der Waals surface area contributed by atoms with E-state index in [2.05, 4.69) is 405 Å². The van der Waals surface area contributed by atoms with Gasteiger partial charge in [0.15, 0.2) is 0 Å². The predicted molar refractivity (Wildman–Crippen MR) is 530 cm³/mol. The third-order valence-corrected chi connectivity index (χ3v) is 26.7. The number of para-hydroxylation sites is 11. The van der Waals surface area contributed by atoms with Crippen molar-refractivity contribution in [3.8, 4) is 34.1 Å². The summed E-state index contributed by atoms with van der Waals surface area (Å²) in [6.07, 6.45) is 17.6. The number of aromatic nitrogens is 15. The number of nitrogens with zero attached hydrogens (tertiary/aromatic N) is 15. The highest BCUT2D eigenvalue weighted by molar-refractivity contribution is 6.42. The van der Waals surface area contributed by atoms with E-state index in [0.717, 1.165) is 144 Å². The summed E-state index contributed by atoms with van der Waals surface area (Å²) in [7, 11) is 0. The minimum Gasteiger partial charge on any atom is -0.309 e. The zero-order chi connectivity index (χ0) is 84.2. The van der Waals surface area contributed by atoms with Crippen LogP contribution in [0.3, 0.4) is 0 Å². The van der Waals surface area contributed by atoms with Gasteiger partial charge >= 0.3 is 0 Å². The highest BCUT2D eigenvalue weighted by Crippen LogP contribution is 2.53. The van der Waals surface area contributed by atoms with Crippen molar-refractivity contribution < 1.29 is 0 Å². The average Bonchev–Trinajstić information content (AvgIpc) is 1.51. The van der Waals surface area contributed by atoms with E-state index in [9.17, 15) is 0 Å². The highest BCUT2D eigenvalue weighted by Gasteiger charge is 2.32. The number of hydrogen-bond acceptors (Lipinski definition) is 6. The monoisotopic (exact) mass is 1650 g/mol. The molecule has 0 N–H and O–H groups in total. The molecule has 0 fully saturated rings. The maximum atomic E-state index is 5.07. The Morgan fingerprint density at radius 3 is 0.876 bits per heavy atom. The second-order valence-corrected chi connectivity index (χ2v) is 33.2. The van der Waals surface area contributed by atoms with E-state index >= 15 is 0 Å². The van der Waals surface area contributed by atoms with Gasteiger partial charge in [0.2, 0.25) is 0 Å². The SMILES string of the molecule is c1ccc(-n2c3ccccc3c3c2ccc2c4c5c6ncccc6c6nccn6c5ccc4n(-c4ccccc4)c23)cc1.c1ccc(-n2c3ccccc3c3c4c5ncccc5c5nccn5c4c4c(c5ccccc5n4-c4ccccc4)c32)cc1.c1ccc(-n2c3ccccc3c3c4c5ncccc5c5nccn5c4c4c5ccccc5n(-c5ccccc5)c4c32)cc1. The molecule has 0 atom stereocenters. The lowest BCUT2D eigenvalue weighted by Crippen LogP contribution is -2.00. The van der Waals surface area contributed by atoms with Gasteiger partial charge in [0.1, 0.15) is 16.9 Å². The number of fused-ring (bicyclic) bond motifs is 44. The molecule has 15 aromatic carbocycles. The summed E-state index contributed by atoms with van der Waals surface area (Å²) in [5.41, 5.74) is 29.8. The Bertz CT molecular complexity index is 9900. The van der Waals surface area contributed by atoms with Crippen LogP contribution >= 0.6 is 0 Å². The van der Waals surface area contributed by atoms with Crippen LogP contribution in [0, 0.1) is 0 Å². The molecular weight excluding hydrogens is 1580 g/mol. The molecule has 0 radical (unpaired) electrons. The maximum Gasteiger partial charge on any atom is 0.146 e. The third-order valence-electron chi connectivity index (χ3n) is 26.7. The summed E-state index contributed by atoms with van der Waals surface area (Å²) < 4.78 is 21.3. The zero-order valence-corrected chi connectivity index (χ0v) is 69.0. The number of rotatable bonds is 6. The van der Waals surface area contributed by atoms with E-state index in [1.54, 1.807) is 0 Å². The summed E-state index contributed by atoms with van der Waals surface area (Å²) >= 11 is 0. The van der Waals surface area contributed by atoms with Crippen molar-refractivity contribution in [3.05, 3.63) is 420 Å². The molecule has 15 heterocycles. The van der Waals surface area contributed by atoms with Crippen molar-refractivity contribution >= 4 is 213 Å². The Labute approximate surface area is 732 Å². The molecule has 600 valence electrons. The first-order valence-electron chi connectivity index (χ1n) is 43.6. The Morgan fingerprint density at radius 1 is 0.140 bits per heavy atom. The second kappa shape index (κ2) is 27.3. The molecule has 15 heteroatoms. The number of imidazole rings is 3. The van der Waals surface area contributed by atoms with Crippen molar-refractivity contribution in [2.24, 2.45) is 0 Å². The van der Waals surface area contributed by atoms with E-state index in [0.29, 0.717) is 0 Å². The first-order valence-corrected chi connectivity index (χ1v) is 43.6. The molecule has 0 spiro atoms. The Morgan fingerprint density at radius 2 is 0.426 bits per heavy atom. The van der Waals surface area contributed by atoms with E-state index in [1.165, 1.54) is 103 Å². The van der Waals surface area contributed by atoms with Gasteiger partial charge in [-0.25, -0.2) is 15.0 Å². The predicted octanol–water partition coefficient (Wildman–Crippen LogP) is 27.7. The van der Waals surface area contributed by atoms with E-state index in [4.69, 9.17) is 29.9 Å². The standard InChI is InChI=1S/3C38H23N5/c1-3-12-24(13-4-1)42-29-19-9-7-16-26(29)31-33-34-28(18-11-21-39-34)38-40-22-23-41(38)35(33)32-27-17-8-10-20-30(27)43(37(32)36(31)42)25-14-5-2-6-15-25;1-3-12-24(13-4-1)42-29-19-9-7-16-26(29)31-33-34-28(18-11-21-39-34)38-40-22-23-41(38)36(33)37-32(35(31)42)27-17-8-10-20-30(27)43(37)25-14-5-2-6-15-25;1-3-10-24(11-4-1)42-29-16-8-7-14-26(29)34-32(42)18-17-27-33-31(43(37(27)34)25-12-5-2-6-13-25)20-19-30-35(33)36-28(15-9-21-39-36)38-40-22-23-41(30)38/h3*1-23H. The fourth-order valence-corrected chi connectivity index (χ4v) is 21.8. The summed E-state index contributed by atoms with van der Waals surface area (Å²) in [4.78, 5) is 29.5. The van der Waals surface area contributed by atoms with E-state index in [-0.39, 0.29) is 0 Å². The smallest absolute Gasteiger partial charge is 0.146 e. The largest absolute Gasteiger partial charge is 0.309 e. The summed E-state index contributed by atoms with van der Waals surface area (Å²) in [5.74, 6) is 0. The topological polar surface area (TPSA) is 120 Å². The molecule has 0 aliphatic carbocycles. The average molecular weight is 1650 g/mol. The fourth-order valence-electron chi connectivity index (χ4n) is 21.8. The fraction of sp³-hybridized carbons (Fsp3) is 0. The maximum absolute atomic E-state index is 5.07. The molecule has 0 saturated heterocycles. The van der Waals surface area contributed by atoms with Crippen molar-refractivity contribution in [3.63, 3.8) is 0 Å². The van der Waals surface area contributed by atoms with Crippen molar-refractivity contribution in [2.45, 2.75) is 0 Å². The molecule has 0 bridgehead atoms. The van der Waals surface area contributed by atoms with Crippen LogP contribution < -0.4 is 0 Å². The lowest BCUT2D eigenvalue weighted by atomic mass is 9.99. The van der Waals surface area contributed by atoms with Gasteiger partial charge in [-0.3, -0.25) is 28.2 Å². The van der Waals surface area contributed by atoms with E-state index in [1.807, 2.05) is 55.4 Å². The summed E-state index contributed by atoms with van der Waals surface area (Å²) in [6, 6.07) is 130. The first-order chi connectivity index (χ1) is 64.2. The van der Waals surface area contributed by atoms with Gasteiger partial charge in [-0.2, -0.15) is 0 Å². The highest BCUT2D eigenvalue weighted by atomic mass is 15.1. The third kappa shape index (κ3) is 9.83. The molecule has 0 saturated carbocycles. The van der Waals surface area contributed by atoms with Gasteiger partial charge in [0, 0.05) is 187 Å². The molecule has 15 nitrogen and oxygen atoms in total. The Hall–Kier alpha value is -17.8. The molecular formula is C114H69N15. The number of hydrogen-bond donors (Lipinski definition) is 0. The van der Waals surface area contributed by atoms with E-state index < -0.39 is 0 Å². The minimum atomic E-state index is 0.910. The second-order valence-electron chi connectivity index (χ2n) is 33.2. The van der Waals surface area contributed by atoms with Crippen LogP contribution in [0.5, 0.6) is 0 Å². The first kappa shape index (κ1) is 70.7. The molecule has 30 aromatic rings. The van der Waals surface area contributed by atoms with Crippen LogP contribution in [0.25, 0.3) is 247 Å². The lowest BCUT2D eigenvalue weighted by Gasteiger charge is -2.15. The van der Waals surface area contributed by atoms with Crippen LogP contribution in [-0.2, 0) is 0 Å². The molecule has 0 unspecified atom stereocenters. The van der Waals surface area contributed by atoms with Crippen LogP contribution in [0.2, 0.25) is 0 Å². The minimum absolute atomic E-state index is 0.910. The number of pyridine rings is 6. The van der Waals surface area contributed by atoms with Gasteiger partial charge < -0.3 is 27.4 Å².